The van der Waals surface area contributed by atoms with Gasteiger partial charge >= 0.3 is 5.97 Å². The van der Waals surface area contributed by atoms with Crippen LogP contribution in [0.2, 0.25) is 0 Å². The van der Waals surface area contributed by atoms with E-state index in [-0.39, 0.29) is 0 Å². The summed E-state index contributed by atoms with van der Waals surface area (Å²) in [4.78, 5) is 36.7. The quantitative estimate of drug-likeness (QED) is 0.631. The zero-order chi connectivity index (χ0) is 14.7. The van der Waals surface area contributed by atoms with Crippen LogP contribution in [0.1, 0.15) is 12.5 Å². The first-order valence-corrected chi connectivity index (χ1v) is 6.76. The summed E-state index contributed by atoms with van der Waals surface area (Å²) >= 11 is 0.824. The molecule has 1 saturated heterocycles. The predicted octanol–water partition coefficient (Wildman–Crippen LogP) is 2.28. The summed E-state index contributed by atoms with van der Waals surface area (Å²) < 4.78 is 4.56. The number of ether oxygens (including phenoxy) is 1. The van der Waals surface area contributed by atoms with Crippen molar-refractivity contribution < 1.29 is 19.1 Å². The van der Waals surface area contributed by atoms with E-state index < -0.39 is 23.2 Å². The Labute approximate surface area is 120 Å². The number of amides is 2. The van der Waals surface area contributed by atoms with Crippen molar-refractivity contribution in [1.29, 1.82) is 0 Å². The third-order valence-corrected chi connectivity index (χ3v) is 3.73. The molecular weight excluding hydrogens is 278 g/mol. The molecule has 0 radical (unpaired) electrons. The summed E-state index contributed by atoms with van der Waals surface area (Å²) in [6, 6.07) is 8.28. The van der Waals surface area contributed by atoms with Crippen LogP contribution in [-0.2, 0) is 14.3 Å². The maximum absolute atomic E-state index is 12.2. The largest absolute Gasteiger partial charge is 0.467 e. The van der Waals surface area contributed by atoms with Gasteiger partial charge in [-0.2, -0.15) is 0 Å². The lowest BCUT2D eigenvalue weighted by Gasteiger charge is -2.18. The summed E-state index contributed by atoms with van der Waals surface area (Å²) in [6.45, 7) is 1.47. The average molecular weight is 291 g/mol. The van der Waals surface area contributed by atoms with Crippen LogP contribution in [0.4, 0.5) is 4.79 Å². The second-order valence-electron chi connectivity index (χ2n) is 4.16. The van der Waals surface area contributed by atoms with E-state index in [1.54, 1.807) is 6.08 Å². The van der Waals surface area contributed by atoms with Gasteiger partial charge in [0, 0.05) is 0 Å². The third-order valence-electron chi connectivity index (χ3n) is 2.85. The fourth-order valence-electron chi connectivity index (χ4n) is 1.79. The smallest absolute Gasteiger partial charge is 0.328 e. The second-order valence-corrected chi connectivity index (χ2v) is 5.15. The molecule has 0 saturated carbocycles. The monoisotopic (exact) mass is 291 g/mol. The Morgan fingerprint density at radius 1 is 1.30 bits per heavy atom. The van der Waals surface area contributed by atoms with E-state index in [0.717, 1.165) is 22.2 Å². The maximum Gasteiger partial charge on any atom is 0.328 e. The minimum absolute atomic E-state index is 0.303. The molecule has 2 rings (SSSR count). The lowest BCUT2D eigenvalue weighted by Crippen LogP contribution is -2.42. The number of rotatable bonds is 3. The highest BCUT2D eigenvalue weighted by Gasteiger charge is 2.41. The van der Waals surface area contributed by atoms with Crippen LogP contribution < -0.4 is 0 Å². The Hall–Kier alpha value is -2.08. The van der Waals surface area contributed by atoms with Crippen molar-refractivity contribution in [2.75, 3.05) is 7.11 Å². The number of carbonyl (C=O) groups excluding carboxylic acids is 3. The Morgan fingerprint density at radius 3 is 2.55 bits per heavy atom. The molecule has 1 heterocycles. The van der Waals surface area contributed by atoms with Crippen molar-refractivity contribution in [2.45, 2.75) is 13.0 Å². The molecule has 5 nitrogen and oxygen atoms in total. The Bertz CT molecular complexity index is 582. The van der Waals surface area contributed by atoms with Gasteiger partial charge in [-0.25, -0.2) is 4.79 Å². The molecule has 0 unspecified atom stereocenters. The number of carbonyl (C=O) groups is 3. The van der Waals surface area contributed by atoms with Crippen molar-refractivity contribution in [1.82, 2.24) is 4.90 Å². The number of thioether (sulfide) groups is 1. The Morgan fingerprint density at radius 2 is 1.95 bits per heavy atom. The number of hydrogen-bond donors (Lipinski definition) is 0. The van der Waals surface area contributed by atoms with Crippen molar-refractivity contribution in [3.05, 3.63) is 40.8 Å². The van der Waals surface area contributed by atoms with Gasteiger partial charge in [-0.15, -0.1) is 0 Å². The van der Waals surface area contributed by atoms with Crippen LogP contribution in [0.15, 0.2) is 35.2 Å². The van der Waals surface area contributed by atoms with Crippen LogP contribution in [0, 0.1) is 0 Å². The molecule has 0 aliphatic carbocycles. The van der Waals surface area contributed by atoms with Crippen LogP contribution in [0.3, 0.4) is 0 Å². The van der Waals surface area contributed by atoms with Gasteiger partial charge < -0.3 is 4.74 Å². The number of hydrogen-bond acceptors (Lipinski definition) is 5. The summed E-state index contributed by atoms with van der Waals surface area (Å²) in [5.41, 5.74) is 0.823. The zero-order valence-corrected chi connectivity index (χ0v) is 11.8. The van der Waals surface area contributed by atoms with E-state index in [2.05, 4.69) is 4.74 Å². The molecule has 0 N–H and O–H groups in total. The molecule has 2 amide bonds. The first-order valence-electron chi connectivity index (χ1n) is 5.94. The average Bonchev–Trinajstić information content (AvgIpc) is 2.73. The van der Waals surface area contributed by atoms with Crippen LogP contribution >= 0.6 is 11.8 Å². The van der Waals surface area contributed by atoms with Gasteiger partial charge in [0.05, 0.1) is 12.0 Å². The Balaban J connectivity index is 2.25. The van der Waals surface area contributed by atoms with Crippen molar-refractivity contribution in [2.24, 2.45) is 0 Å². The highest BCUT2D eigenvalue weighted by molar-refractivity contribution is 8.18. The number of methoxy groups -OCH3 is 1. The van der Waals surface area contributed by atoms with Crippen LogP contribution in [0.5, 0.6) is 0 Å². The highest BCUT2D eigenvalue weighted by atomic mass is 32.2. The van der Waals surface area contributed by atoms with E-state index >= 15 is 0 Å². The molecule has 0 bridgehead atoms. The summed E-state index contributed by atoms with van der Waals surface area (Å²) in [5.74, 6) is -1.09. The lowest BCUT2D eigenvalue weighted by molar-refractivity contribution is -0.148. The van der Waals surface area contributed by atoms with Gasteiger partial charge in [0.25, 0.3) is 11.1 Å². The third kappa shape index (κ3) is 2.75. The van der Waals surface area contributed by atoms with Crippen molar-refractivity contribution >= 4 is 35.0 Å². The van der Waals surface area contributed by atoms with Crippen LogP contribution in [-0.4, -0.2) is 35.2 Å². The van der Waals surface area contributed by atoms with Gasteiger partial charge in [0.2, 0.25) is 0 Å². The predicted molar refractivity (Wildman–Crippen MR) is 75.7 cm³/mol. The molecule has 1 aromatic rings. The van der Waals surface area contributed by atoms with Crippen LogP contribution in [0.25, 0.3) is 6.08 Å². The van der Waals surface area contributed by atoms with Gasteiger partial charge in [0.1, 0.15) is 6.04 Å². The minimum Gasteiger partial charge on any atom is -0.467 e. The molecule has 1 aromatic carbocycles. The highest BCUT2D eigenvalue weighted by Crippen LogP contribution is 2.33. The van der Waals surface area contributed by atoms with E-state index in [1.807, 2.05) is 30.3 Å². The first kappa shape index (κ1) is 14.3. The normalized spacial score (nSPS) is 18.5. The molecule has 0 aromatic heterocycles. The summed E-state index contributed by atoms with van der Waals surface area (Å²) in [7, 11) is 1.22. The van der Waals surface area contributed by atoms with Gasteiger partial charge in [-0.1, -0.05) is 30.3 Å². The fourth-order valence-corrected chi connectivity index (χ4v) is 2.70. The number of imide groups is 1. The molecule has 1 fully saturated rings. The molecule has 1 aliphatic heterocycles. The maximum atomic E-state index is 12.2. The topological polar surface area (TPSA) is 63.7 Å². The van der Waals surface area contributed by atoms with E-state index in [9.17, 15) is 14.4 Å². The lowest BCUT2D eigenvalue weighted by atomic mass is 10.2. The first-order chi connectivity index (χ1) is 9.54. The molecule has 1 atom stereocenters. The summed E-state index contributed by atoms with van der Waals surface area (Å²) in [6.07, 6.45) is 1.63. The minimum atomic E-state index is -0.922. The summed E-state index contributed by atoms with van der Waals surface area (Å²) in [5, 5.41) is -0.463. The van der Waals surface area contributed by atoms with Gasteiger partial charge in [0.15, 0.2) is 0 Å². The van der Waals surface area contributed by atoms with E-state index in [1.165, 1.54) is 14.0 Å². The zero-order valence-electron chi connectivity index (χ0n) is 11.0. The standard InChI is InChI=1S/C14H13NO4S/c1-9(13(17)19-2)15-12(16)11(20-14(15)18)8-10-6-4-3-5-7-10/h3-9H,1-2H3/b11-8-/t9-/m0/s1. The molecule has 6 heteroatoms. The van der Waals surface area contributed by atoms with E-state index in [0.29, 0.717) is 4.91 Å². The number of nitrogens with zero attached hydrogens (tertiary/aromatic N) is 1. The number of benzene rings is 1. The Kier molecular flexibility index (Phi) is 4.24. The van der Waals surface area contributed by atoms with Gasteiger partial charge in [-0.3, -0.25) is 14.5 Å². The second kappa shape index (κ2) is 5.92. The molecule has 0 spiro atoms. The molecule has 1 aliphatic rings. The SMILES string of the molecule is COC(=O)[C@H](C)N1C(=O)S/C(=C\c2ccccc2)C1=O. The molecule has 104 valence electrons. The fraction of sp³-hybridized carbons (Fsp3) is 0.214. The van der Waals surface area contributed by atoms with Crippen molar-refractivity contribution in [3.8, 4) is 0 Å². The molecule has 20 heavy (non-hydrogen) atoms. The van der Waals surface area contributed by atoms with E-state index in [4.69, 9.17) is 0 Å². The molecular formula is C14H13NO4S. The van der Waals surface area contributed by atoms with Crippen molar-refractivity contribution in [3.63, 3.8) is 0 Å². The van der Waals surface area contributed by atoms with Gasteiger partial charge in [-0.05, 0) is 30.3 Å². The number of esters is 1.